The highest BCUT2D eigenvalue weighted by atomic mass is 19.3. The van der Waals surface area contributed by atoms with Gasteiger partial charge in [0.15, 0.2) is 0 Å². The number of nitrogens with one attached hydrogen (secondary N) is 3. The van der Waals surface area contributed by atoms with Crippen LogP contribution in [-0.2, 0) is 4.79 Å². The highest BCUT2D eigenvalue weighted by Crippen LogP contribution is 2.20. The second kappa shape index (κ2) is 9.27. The summed E-state index contributed by atoms with van der Waals surface area (Å²) < 4.78 is 29.0. The zero-order chi connectivity index (χ0) is 19.8. The van der Waals surface area contributed by atoms with Crippen LogP contribution < -0.4 is 20.7 Å². The molecule has 0 atom stereocenters. The van der Waals surface area contributed by atoms with E-state index in [1.54, 1.807) is 0 Å². The van der Waals surface area contributed by atoms with Crippen molar-refractivity contribution >= 4 is 23.4 Å². The molecule has 0 saturated heterocycles. The lowest BCUT2D eigenvalue weighted by Gasteiger charge is -2.11. The lowest BCUT2D eigenvalue weighted by molar-refractivity contribution is -0.115. The summed E-state index contributed by atoms with van der Waals surface area (Å²) in [5.41, 5.74) is 0.753. The Morgan fingerprint density at radius 2 is 1.67 bits per heavy atom. The molecule has 0 radical (unpaired) electrons. The molecule has 2 aromatic carbocycles. The monoisotopic (exact) mass is 377 g/mol. The van der Waals surface area contributed by atoms with Gasteiger partial charge in [-0.25, -0.2) is 0 Å². The summed E-state index contributed by atoms with van der Waals surface area (Å²) in [6, 6.07) is 11.6. The number of carbonyl (C=O) groups is 3. The molecule has 0 aliphatic heterocycles. The lowest BCUT2D eigenvalue weighted by atomic mass is 10.2. The third-order valence-electron chi connectivity index (χ3n) is 3.42. The summed E-state index contributed by atoms with van der Waals surface area (Å²) in [5, 5.41) is 7.35. The first-order valence-corrected chi connectivity index (χ1v) is 7.84. The standard InChI is InChI=1S/C18H17F2N3O4/c1-21-16(25)11-6-8-12(9-7-11)23-15(24)10-22-17(26)13-4-2-3-5-14(13)27-18(19)20/h2-9,18H,10H2,1H3,(H,21,25)(H,22,26)(H,23,24). The Hall–Kier alpha value is -3.49. The number of carbonyl (C=O) groups excluding carboxylic acids is 3. The van der Waals surface area contributed by atoms with Crippen LogP contribution in [0.25, 0.3) is 0 Å². The fourth-order valence-corrected chi connectivity index (χ4v) is 2.16. The first kappa shape index (κ1) is 19.8. The van der Waals surface area contributed by atoms with E-state index >= 15 is 0 Å². The first-order chi connectivity index (χ1) is 12.9. The molecule has 142 valence electrons. The molecule has 27 heavy (non-hydrogen) atoms. The van der Waals surface area contributed by atoms with Gasteiger partial charge in [0.05, 0.1) is 12.1 Å². The van der Waals surface area contributed by atoms with Crippen LogP contribution >= 0.6 is 0 Å². The molecule has 7 nitrogen and oxygen atoms in total. The summed E-state index contributed by atoms with van der Waals surface area (Å²) >= 11 is 0. The van der Waals surface area contributed by atoms with Gasteiger partial charge in [-0.3, -0.25) is 14.4 Å². The molecule has 0 aliphatic rings. The van der Waals surface area contributed by atoms with Gasteiger partial charge in [-0.15, -0.1) is 0 Å². The van der Waals surface area contributed by atoms with Crippen molar-refractivity contribution in [3.8, 4) is 5.75 Å². The molecule has 2 rings (SSSR count). The Kier molecular flexibility index (Phi) is 6.81. The summed E-state index contributed by atoms with van der Waals surface area (Å²) in [6.07, 6.45) is 0. The smallest absolute Gasteiger partial charge is 0.387 e. The molecule has 0 fully saturated rings. The molecule has 0 heterocycles. The summed E-state index contributed by atoms with van der Waals surface area (Å²) in [6.45, 7) is -3.45. The van der Waals surface area contributed by atoms with Gasteiger partial charge < -0.3 is 20.7 Å². The number of halogens is 2. The maximum atomic E-state index is 12.4. The van der Waals surface area contributed by atoms with E-state index in [1.807, 2.05) is 0 Å². The molecule has 9 heteroatoms. The van der Waals surface area contributed by atoms with Crippen molar-refractivity contribution in [1.29, 1.82) is 0 Å². The van der Waals surface area contributed by atoms with E-state index in [0.29, 0.717) is 11.3 Å². The van der Waals surface area contributed by atoms with Gasteiger partial charge in [0, 0.05) is 18.3 Å². The maximum absolute atomic E-state index is 12.4. The third kappa shape index (κ3) is 5.77. The molecule has 0 bridgehead atoms. The molecular formula is C18H17F2N3O4. The third-order valence-corrected chi connectivity index (χ3v) is 3.42. The number of hydrogen-bond acceptors (Lipinski definition) is 4. The lowest BCUT2D eigenvalue weighted by Crippen LogP contribution is -2.33. The van der Waals surface area contributed by atoms with Gasteiger partial charge in [-0.05, 0) is 36.4 Å². The number of ether oxygens (including phenoxy) is 1. The van der Waals surface area contributed by atoms with E-state index in [-0.39, 0.29) is 23.8 Å². The topological polar surface area (TPSA) is 96.5 Å². The Bertz CT molecular complexity index is 826. The van der Waals surface area contributed by atoms with Crippen molar-refractivity contribution in [2.45, 2.75) is 6.61 Å². The largest absolute Gasteiger partial charge is 0.434 e. The van der Waals surface area contributed by atoms with Gasteiger partial charge in [0.2, 0.25) is 5.91 Å². The van der Waals surface area contributed by atoms with Crippen LogP contribution in [0.15, 0.2) is 48.5 Å². The minimum Gasteiger partial charge on any atom is -0.434 e. The Morgan fingerprint density at radius 3 is 2.30 bits per heavy atom. The summed E-state index contributed by atoms with van der Waals surface area (Å²) in [4.78, 5) is 35.5. The average Bonchev–Trinajstić information content (AvgIpc) is 2.66. The number of rotatable bonds is 7. The van der Waals surface area contributed by atoms with E-state index in [1.165, 1.54) is 55.6 Å². The Morgan fingerprint density at radius 1 is 1.00 bits per heavy atom. The Balaban J connectivity index is 1.92. The number of anilines is 1. The maximum Gasteiger partial charge on any atom is 0.387 e. The van der Waals surface area contributed by atoms with Gasteiger partial charge in [0.1, 0.15) is 5.75 Å². The molecular weight excluding hydrogens is 360 g/mol. The second-order valence-electron chi connectivity index (χ2n) is 5.26. The van der Waals surface area contributed by atoms with Crippen LogP contribution in [0.5, 0.6) is 5.75 Å². The predicted octanol–water partition coefficient (Wildman–Crippen LogP) is 2.02. The van der Waals surface area contributed by atoms with Gasteiger partial charge in [-0.2, -0.15) is 8.78 Å². The quantitative estimate of drug-likeness (QED) is 0.688. The predicted molar refractivity (Wildman–Crippen MR) is 93.9 cm³/mol. The van der Waals surface area contributed by atoms with Crippen LogP contribution in [0.4, 0.5) is 14.5 Å². The van der Waals surface area contributed by atoms with E-state index in [2.05, 4.69) is 20.7 Å². The molecule has 2 aromatic rings. The summed E-state index contributed by atoms with van der Waals surface area (Å²) in [5.74, 6) is -1.79. The average molecular weight is 377 g/mol. The molecule has 0 aromatic heterocycles. The van der Waals surface area contributed by atoms with Crippen molar-refractivity contribution in [3.05, 3.63) is 59.7 Å². The fraction of sp³-hybridized carbons (Fsp3) is 0.167. The van der Waals surface area contributed by atoms with Crippen molar-refractivity contribution in [2.75, 3.05) is 18.9 Å². The second-order valence-corrected chi connectivity index (χ2v) is 5.26. The summed E-state index contributed by atoms with van der Waals surface area (Å²) in [7, 11) is 1.51. The van der Waals surface area contributed by atoms with Gasteiger partial charge in [0.25, 0.3) is 11.8 Å². The SMILES string of the molecule is CNC(=O)c1ccc(NC(=O)CNC(=O)c2ccccc2OC(F)F)cc1. The van der Waals surface area contributed by atoms with Crippen molar-refractivity contribution in [1.82, 2.24) is 10.6 Å². The van der Waals surface area contributed by atoms with E-state index in [9.17, 15) is 23.2 Å². The molecule has 0 unspecified atom stereocenters. The number of alkyl halides is 2. The molecule has 3 amide bonds. The number of benzene rings is 2. The highest BCUT2D eigenvalue weighted by Gasteiger charge is 2.16. The van der Waals surface area contributed by atoms with Gasteiger partial charge in [-0.1, -0.05) is 12.1 Å². The number of para-hydroxylation sites is 1. The zero-order valence-corrected chi connectivity index (χ0v) is 14.3. The first-order valence-electron chi connectivity index (χ1n) is 7.84. The van der Waals surface area contributed by atoms with Crippen molar-refractivity contribution < 1.29 is 27.9 Å². The van der Waals surface area contributed by atoms with Crippen molar-refractivity contribution in [3.63, 3.8) is 0 Å². The van der Waals surface area contributed by atoms with E-state index in [0.717, 1.165) is 0 Å². The Labute approximate surface area is 153 Å². The minimum atomic E-state index is -3.07. The highest BCUT2D eigenvalue weighted by molar-refractivity contribution is 6.01. The van der Waals surface area contributed by atoms with Crippen molar-refractivity contribution in [2.24, 2.45) is 0 Å². The fourth-order valence-electron chi connectivity index (χ4n) is 2.16. The molecule has 0 aliphatic carbocycles. The normalized spacial score (nSPS) is 10.2. The zero-order valence-electron chi connectivity index (χ0n) is 14.3. The van der Waals surface area contributed by atoms with E-state index < -0.39 is 18.4 Å². The van der Waals surface area contributed by atoms with E-state index in [4.69, 9.17) is 0 Å². The number of hydrogen-bond donors (Lipinski definition) is 3. The molecule has 3 N–H and O–H groups in total. The van der Waals surface area contributed by atoms with Crippen LogP contribution in [0.3, 0.4) is 0 Å². The molecule has 0 saturated carbocycles. The minimum absolute atomic E-state index is 0.111. The van der Waals surface area contributed by atoms with Crippen LogP contribution in [0.2, 0.25) is 0 Å². The molecule has 0 spiro atoms. The number of amides is 3. The van der Waals surface area contributed by atoms with Crippen LogP contribution in [0, 0.1) is 0 Å². The van der Waals surface area contributed by atoms with Crippen LogP contribution in [-0.4, -0.2) is 37.9 Å². The van der Waals surface area contributed by atoms with Gasteiger partial charge >= 0.3 is 6.61 Å². The van der Waals surface area contributed by atoms with Crippen LogP contribution in [0.1, 0.15) is 20.7 Å².